The molecule has 4 nitrogen and oxygen atoms in total. The number of para-hydroxylation sites is 1. The first-order chi connectivity index (χ1) is 9.85. The van der Waals surface area contributed by atoms with Crippen LogP contribution in [0.3, 0.4) is 0 Å². The zero-order valence-electron chi connectivity index (χ0n) is 11.5. The van der Waals surface area contributed by atoms with E-state index in [-0.39, 0.29) is 24.2 Å². The van der Waals surface area contributed by atoms with Gasteiger partial charge in [-0.05, 0) is 25.8 Å². The lowest BCUT2D eigenvalue weighted by molar-refractivity contribution is -0.274. The Hall–Kier alpha value is -1.76. The predicted octanol–water partition coefficient (Wildman–Crippen LogP) is 2.34. The summed E-state index contributed by atoms with van der Waals surface area (Å²) in [5.41, 5.74) is 0.348. The number of amides is 1. The molecule has 0 heterocycles. The van der Waals surface area contributed by atoms with Gasteiger partial charge in [-0.15, -0.1) is 13.2 Å². The summed E-state index contributed by atoms with van der Waals surface area (Å²) in [5.74, 6) is -0.404. The predicted molar refractivity (Wildman–Crippen MR) is 70.6 cm³/mol. The molecule has 0 radical (unpaired) electrons. The van der Waals surface area contributed by atoms with Crippen molar-refractivity contribution in [3.8, 4) is 5.75 Å². The molecule has 0 aliphatic heterocycles. The van der Waals surface area contributed by atoms with Crippen molar-refractivity contribution in [2.24, 2.45) is 0 Å². The molecule has 0 saturated heterocycles. The van der Waals surface area contributed by atoms with E-state index in [0.717, 1.165) is 12.8 Å². The molecule has 1 aromatic carbocycles. The van der Waals surface area contributed by atoms with Crippen LogP contribution in [-0.2, 0) is 11.3 Å². The monoisotopic (exact) mass is 302 g/mol. The Balaban J connectivity index is 1.91. The van der Waals surface area contributed by atoms with E-state index in [2.05, 4.69) is 15.4 Å². The second-order valence-corrected chi connectivity index (χ2v) is 5.04. The molecular weight excluding hydrogens is 285 g/mol. The third-order valence-electron chi connectivity index (χ3n) is 3.11. The van der Waals surface area contributed by atoms with Crippen LogP contribution in [-0.4, -0.2) is 24.4 Å². The van der Waals surface area contributed by atoms with Gasteiger partial charge in [-0.1, -0.05) is 18.2 Å². The summed E-state index contributed by atoms with van der Waals surface area (Å²) < 4.78 is 40.8. The number of carbonyl (C=O) groups excluding carboxylic acids is 1. The molecule has 0 bridgehead atoms. The lowest BCUT2D eigenvalue weighted by Crippen LogP contribution is -2.42. The molecule has 1 amide bonds. The number of nitrogens with one attached hydrogen (secondary N) is 2. The molecule has 1 aliphatic carbocycles. The summed E-state index contributed by atoms with van der Waals surface area (Å²) in [7, 11) is 0. The van der Waals surface area contributed by atoms with Gasteiger partial charge in [0, 0.05) is 18.2 Å². The summed E-state index contributed by atoms with van der Waals surface area (Å²) in [6, 6.07) is 5.63. The Morgan fingerprint density at radius 1 is 1.38 bits per heavy atom. The standard InChI is InChI=1S/C14H17F3N2O2/c1-9(13(20)19-11-6-7-11)18-8-10-4-2-3-5-12(10)21-14(15,16)17/h2-5,9,11,18H,6-8H2,1H3,(H,19,20). The largest absolute Gasteiger partial charge is 0.573 e. The third-order valence-corrected chi connectivity index (χ3v) is 3.11. The van der Waals surface area contributed by atoms with Gasteiger partial charge in [-0.3, -0.25) is 4.79 Å². The number of benzene rings is 1. The van der Waals surface area contributed by atoms with Crippen LogP contribution in [0, 0.1) is 0 Å². The van der Waals surface area contributed by atoms with E-state index >= 15 is 0 Å². The maximum atomic E-state index is 12.3. The zero-order chi connectivity index (χ0) is 15.5. The van der Waals surface area contributed by atoms with Crippen LogP contribution in [0.4, 0.5) is 13.2 Å². The second-order valence-electron chi connectivity index (χ2n) is 5.04. The number of hydrogen-bond donors (Lipinski definition) is 2. The highest BCUT2D eigenvalue weighted by molar-refractivity contribution is 5.81. The lowest BCUT2D eigenvalue weighted by atomic mass is 10.2. The summed E-state index contributed by atoms with van der Waals surface area (Å²) in [6.07, 6.45) is -2.76. The van der Waals surface area contributed by atoms with Gasteiger partial charge in [0.1, 0.15) is 5.75 Å². The summed E-state index contributed by atoms with van der Waals surface area (Å²) >= 11 is 0. The van der Waals surface area contributed by atoms with E-state index in [1.807, 2.05) is 0 Å². The Morgan fingerprint density at radius 3 is 2.67 bits per heavy atom. The lowest BCUT2D eigenvalue weighted by Gasteiger charge is -2.16. The molecule has 2 rings (SSSR count). The Kier molecular flexibility index (Phi) is 4.72. The maximum absolute atomic E-state index is 12.3. The maximum Gasteiger partial charge on any atom is 0.573 e. The second kappa shape index (κ2) is 6.34. The minimum absolute atomic E-state index is 0.117. The minimum Gasteiger partial charge on any atom is -0.405 e. The smallest absolute Gasteiger partial charge is 0.405 e. The molecule has 1 unspecified atom stereocenters. The highest BCUT2D eigenvalue weighted by atomic mass is 19.4. The van der Waals surface area contributed by atoms with Crippen molar-refractivity contribution in [2.45, 2.75) is 44.8 Å². The van der Waals surface area contributed by atoms with Crippen molar-refractivity contribution in [2.75, 3.05) is 0 Å². The molecular formula is C14H17F3N2O2. The average molecular weight is 302 g/mol. The summed E-state index contributed by atoms with van der Waals surface area (Å²) in [5, 5.41) is 5.73. The first-order valence-electron chi connectivity index (χ1n) is 6.72. The molecule has 1 fully saturated rings. The van der Waals surface area contributed by atoms with Crippen LogP contribution in [0.25, 0.3) is 0 Å². The van der Waals surface area contributed by atoms with Gasteiger partial charge >= 0.3 is 6.36 Å². The molecule has 7 heteroatoms. The van der Waals surface area contributed by atoms with E-state index < -0.39 is 12.4 Å². The molecule has 116 valence electrons. The van der Waals surface area contributed by atoms with Gasteiger partial charge in [0.05, 0.1) is 6.04 Å². The Morgan fingerprint density at radius 2 is 2.05 bits per heavy atom. The first-order valence-corrected chi connectivity index (χ1v) is 6.72. The topological polar surface area (TPSA) is 50.4 Å². The number of hydrogen-bond acceptors (Lipinski definition) is 3. The van der Waals surface area contributed by atoms with Gasteiger partial charge in [-0.25, -0.2) is 0 Å². The van der Waals surface area contributed by atoms with Gasteiger partial charge < -0.3 is 15.4 Å². The van der Waals surface area contributed by atoms with E-state index in [4.69, 9.17) is 0 Å². The molecule has 0 spiro atoms. The number of halogens is 3. The number of ether oxygens (including phenoxy) is 1. The zero-order valence-corrected chi connectivity index (χ0v) is 11.5. The van der Waals surface area contributed by atoms with Crippen molar-refractivity contribution < 1.29 is 22.7 Å². The van der Waals surface area contributed by atoms with Gasteiger partial charge in [0.25, 0.3) is 0 Å². The van der Waals surface area contributed by atoms with E-state index in [9.17, 15) is 18.0 Å². The fraction of sp³-hybridized carbons (Fsp3) is 0.500. The van der Waals surface area contributed by atoms with Gasteiger partial charge in [-0.2, -0.15) is 0 Å². The van der Waals surface area contributed by atoms with Crippen LogP contribution in [0.15, 0.2) is 24.3 Å². The minimum atomic E-state index is -4.73. The van der Waals surface area contributed by atoms with Crippen molar-refractivity contribution in [1.29, 1.82) is 0 Å². The highest BCUT2D eigenvalue weighted by Gasteiger charge is 2.32. The van der Waals surface area contributed by atoms with Crippen LogP contribution in [0.5, 0.6) is 5.75 Å². The third kappa shape index (κ3) is 5.26. The number of alkyl halides is 3. The van der Waals surface area contributed by atoms with E-state index in [1.54, 1.807) is 13.0 Å². The molecule has 1 atom stereocenters. The Labute approximate surface area is 120 Å². The normalized spacial score (nSPS) is 16.4. The highest BCUT2D eigenvalue weighted by Crippen LogP contribution is 2.26. The van der Waals surface area contributed by atoms with Gasteiger partial charge in [0.2, 0.25) is 5.91 Å². The molecule has 0 aromatic heterocycles. The first kappa shape index (κ1) is 15.6. The van der Waals surface area contributed by atoms with Crippen LogP contribution < -0.4 is 15.4 Å². The average Bonchev–Trinajstić information content (AvgIpc) is 3.19. The summed E-state index contributed by atoms with van der Waals surface area (Å²) in [6.45, 7) is 1.79. The van der Waals surface area contributed by atoms with Gasteiger partial charge in [0.15, 0.2) is 0 Å². The molecule has 1 aromatic rings. The molecule has 1 aliphatic rings. The SMILES string of the molecule is CC(NCc1ccccc1OC(F)(F)F)C(=O)NC1CC1. The van der Waals surface area contributed by atoms with Crippen LogP contribution in [0.2, 0.25) is 0 Å². The number of rotatable bonds is 6. The summed E-state index contributed by atoms with van der Waals surface area (Å²) in [4.78, 5) is 11.7. The quantitative estimate of drug-likeness (QED) is 0.848. The number of carbonyl (C=O) groups is 1. The van der Waals surface area contributed by atoms with E-state index in [1.165, 1.54) is 18.2 Å². The molecule has 2 N–H and O–H groups in total. The van der Waals surface area contributed by atoms with Crippen LogP contribution >= 0.6 is 0 Å². The van der Waals surface area contributed by atoms with Crippen molar-refractivity contribution in [3.05, 3.63) is 29.8 Å². The fourth-order valence-electron chi connectivity index (χ4n) is 1.78. The molecule has 1 saturated carbocycles. The Bertz CT molecular complexity index is 501. The van der Waals surface area contributed by atoms with Crippen molar-refractivity contribution in [1.82, 2.24) is 10.6 Å². The fourth-order valence-corrected chi connectivity index (χ4v) is 1.78. The van der Waals surface area contributed by atoms with Crippen molar-refractivity contribution in [3.63, 3.8) is 0 Å². The molecule has 21 heavy (non-hydrogen) atoms. The van der Waals surface area contributed by atoms with Crippen LogP contribution in [0.1, 0.15) is 25.3 Å². The van der Waals surface area contributed by atoms with E-state index in [0.29, 0.717) is 5.56 Å². The van der Waals surface area contributed by atoms with Crippen molar-refractivity contribution >= 4 is 5.91 Å².